The molecule has 0 amide bonds. The van der Waals surface area contributed by atoms with E-state index >= 15 is 0 Å². The minimum absolute atomic E-state index is 0.212. The van der Waals surface area contributed by atoms with E-state index < -0.39 is 0 Å². The Hall–Kier alpha value is -1.58. The van der Waals surface area contributed by atoms with Crippen LogP contribution in [0.2, 0.25) is 10.0 Å². The molecule has 0 N–H and O–H groups in total. The second kappa shape index (κ2) is 5.38. The van der Waals surface area contributed by atoms with Crippen LogP contribution < -0.4 is 4.74 Å². The van der Waals surface area contributed by atoms with E-state index in [1.54, 1.807) is 30.3 Å². The van der Waals surface area contributed by atoms with E-state index in [9.17, 15) is 4.79 Å². The monoisotopic (exact) mass is 281 g/mol. The summed E-state index contributed by atoms with van der Waals surface area (Å²) >= 11 is 11.9. The molecular weight excluding hydrogens is 273 g/mol. The Bertz CT molecular complexity index is 599. The number of nitrogens with zero attached hydrogens (tertiary/aromatic N) is 1. The lowest BCUT2D eigenvalue weighted by molar-refractivity contribution is 0.103. The lowest BCUT2D eigenvalue weighted by atomic mass is 10.1. The van der Waals surface area contributed by atoms with E-state index in [2.05, 4.69) is 4.98 Å². The van der Waals surface area contributed by atoms with E-state index in [1.807, 2.05) is 0 Å². The molecule has 0 atom stereocenters. The van der Waals surface area contributed by atoms with Crippen LogP contribution >= 0.6 is 23.2 Å². The second-order valence-corrected chi connectivity index (χ2v) is 4.27. The zero-order chi connectivity index (χ0) is 13.1. The number of rotatable bonds is 3. The molecule has 3 nitrogen and oxygen atoms in total. The summed E-state index contributed by atoms with van der Waals surface area (Å²) in [5.41, 5.74) is 0.519. The van der Waals surface area contributed by atoms with Gasteiger partial charge in [0.25, 0.3) is 0 Å². The molecule has 0 fully saturated rings. The number of benzene rings is 1. The van der Waals surface area contributed by atoms with E-state index in [4.69, 9.17) is 27.9 Å². The Morgan fingerprint density at radius 1 is 1.22 bits per heavy atom. The van der Waals surface area contributed by atoms with Gasteiger partial charge in [0.05, 0.1) is 17.2 Å². The Morgan fingerprint density at radius 3 is 2.72 bits per heavy atom. The Balaban J connectivity index is 2.52. The third-order valence-electron chi connectivity index (χ3n) is 2.40. The highest BCUT2D eigenvalue weighted by molar-refractivity contribution is 6.44. The Morgan fingerprint density at radius 2 is 2.00 bits per heavy atom. The smallest absolute Gasteiger partial charge is 0.216 e. The zero-order valence-electron chi connectivity index (χ0n) is 9.48. The van der Waals surface area contributed by atoms with Crippen molar-refractivity contribution in [2.45, 2.75) is 0 Å². The van der Waals surface area contributed by atoms with Crippen molar-refractivity contribution in [3.63, 3.8) is 0 Å². The van der Waals surface area contributed by atoms with Crippen LogP contribution in [0.15, 0.2) is 36.5 Å². The van der Waals surface area contributed by atoms with Crippen LogP contribution in [0, 0.1) is 0 Å². The first-order valence-electron chi connectivity index (χ1n) is 5.13. The number of methoxy groups -OCH3 is 1. The van der Waals surface area contributed by atoms with Gasteiger partial charge in [-0.25, -0.2) is 4.98 Å². The molecule has 2 aromatic rings. The van der Waals surface area contributed by atoms with Crippen LogP contribution in [0.25, 0.3) is 0 Å². The number of pyridine rings is 1. The first-order valence-corrected chi connectivity index (χ1v) is 5.88. The summed E-state index contributed by atoms with van der Waals surface area (Å²) in [6, 6.07) is 8.24. The SMILES string of the molecule is COc1cccnc1C(=O)c1cccc(Cl)c1Cl. The topological polar surface area (TPSA) is 39.2 Å². The van der Waals surface area contributed by atoms with E-state index in [-0.39, 0.29) is 16.5 Å². The lowest BCUT2D eigenvalue weighted by Gasteiger charge is -2.07. The highest BCUT2D eigenvalue weighted by Crippen LogP contribution is 2.28. The second-order valence-electron chi connectivity index (χ2n) is 3.48. The van der Waals surface area contributed by atoms with Crippen LogP contribution in [0.1, 0.15) is 16.1 Å². The quantitative estimate of drug-likeness (QED) is 0.807. The summed E-state index contributed by atoms with van der Waals surface area (Å²) in [4.78, 5) is 16.3. The van der Waals surface area contributed by atoms with E-state index in [0.717, 1.165) is 0 Å². The average molecular weight is 282 g/mol. The summed E-state index contributed by atoms with van der Waals surface area (Å²) < 4.78 is 5.10. The van der Waals surface area contributed by atoms with Gasteiger partial charge in [0.15, 0.2) is 5.69 Å². The van der Waals surface area contributed by atoms with Crippen molar-refractivity contribution >= 4 is 29.0 Å². The van der Waals surface area contributed by atoms with Crippen molar-refractivity contribution < 1.29 is 9.53 Å². The summed E-state index contributed by atoms with van der Waals surface area (Å²) in [5.74, 6) is 0.0819. The van der Waals surface area contributed by atoms with Crippen molar-refractivity contribution in [3.05, 3.63) is 57.8 Å². The number of carbonyl (C=O) groups excluding carboxylic acids is 1. The van der Waals surface area contributed by atoms with Gasteiger partial charge in [-0.2, -0.15) is 0 Å². The lowest BCUT2D eigenvalue weighted by Crippen LogP contribution is -2.07. The van der Waals surface area contributed by atoms with Gasteiger partial charge in [0, 0.05) is 11.8 Å². The highest BCUT2D eigenvalue weighted by atomic mass is 35.5. The predicted octanol–water partition coefficient (Wildman–Crippen LogP) is 3.63. The molecule has 5 heteroatoms. The zero-order valence-corrected chi connectivity index (χ0v) is 11.0. The van der Waals surface area contributed by atoms with Crippen LogP contribution in [-0.2, 0) is 0 Å². The third kappa shape index (κ3) is 2.33. The molecule has 0 saturated carbocycles. The maximum absolute atomic E-state index is 12.3. The van der Waals surface area contributed by atoms with Gasteiger partial charge in [-0.15, -0.1) is 0 Å². The van der Waals surface area contributed by atoms with E-state index in [0.29, 0.717) is 16.3 Å². The van der Waals surface area contributed by atoms with E-state index in [1.165, 1.54) is 13.3 Å². The number of hydrogen-bond donors (Lipinski definition) is 0. The number of halogens is 2. The van der Waals surface area contributed by atoms with Gasteiger partial charge < -0.3 is 4.74 Å². The standard InChI is InChI=1S/C13H9Cl2NO2/c1-18-10-6-3-7-16-12(10)13(17)8-4-2-5-9(14)11(8)15/h2-7H,1H3. The number of ether oxygens (including phenoxy) is 1. The minimum Gasteiger partial charge on any atom is -0.494 e. The molecule has 0 aliphatic carbocycles. The molecule has 0 aliphatic rings. The fourth-order valence-corrected chi connectivity index (χ4v) is 1.92. The molecule has 1 aromatic carbocycles. The first kappa shape index (κ1) is 12.9. The summed E-state index contributed by atoms with van der Waals surface area (Å²) in [7, 11) is 1.48. The normalized spacial score (nSPS) is 10.2. The van der Waals surface area contributed by atoms with Crippen LogP contribution in [0.3, 0.4) is 0 Å². The molecule has 0 unspecified atom stereocenters. The number of ketones is 1. The molecule has 0 aliphatic heterocycles. The van der Waals surface area contributed by atoms with Gasteiger partial charge >= 0.3 is 0 Å². The molecule has 0 bridgehead atoms. The van der Waals surface area contributed by atoms with Crippen LogP contribution in [-0.4, -0.2) is 17.9 Å². The van der Waals surface area contributed by atoms with Gasteiger partial charge in [-0.1, -0.05) is 29.3 Å². The Labute approximate surface area is 114 Å². The molecule has 0 saturated heterocycles. The van der Waals surface area contributed by atoms with Crippen LogP contribution in [0.5, 0.6) is 5.75 Å². The highest BCUT2D eigenvalue weighted by Gasteiger charge is 2.19. The molecule has 0 radical (unpaired) electrons. The fourth-order valence-electron chi connectivity index (χ4n) is 1.53. The molecule has 2 rings (SSSR count). The maximum atomic E-state index is 12.3. The first-order chi connectivity index (χ1) is 8.65. The molecular formula is C13H9Cl2NO2. The Kier molecular flexibility index (Phi) is 3.84. The predicted molar refractivity (Wildman–Crippen MR) is 70.7 cm³/mol. The largest absolute Gasteiger partial charge is 0.494 e. The average Bonchev–Trinajstić information content (AvgIpc) is 2.41. The summed E-state index contributed by atoms with van der Waals surface area (Å²) in [6.07, 6.45) is 1.52. The summed E-state index contributed by atoms with van der Waals surface area (Å²) in [6.45, 7) is 0. The van der Waals surface area contributed by atoms with Gasteiger partial charge in [0.2, 0.25) is 5.78 Å². The molecule has 1 heterocycles. The van der Waals surface area contributed by atoms with Gasteiger partial charge in [0.1, 0.15) is 5.75 Å². The van der Waals surface area contributed by atoms with Gasteiger partial charge in [-0.05, 0) is 24.3 Å². The molecule has 18 heavy (non-hydrogen) atoms. The maximum Gasteiger partial charge on any atom is 0.216 e. The van der Waals surface area contributed by atoms with Crippen molar-refractivity contribution in [1.29, 1.82) is 0 Å². The molecule has 92 valence electrons. The number of hydrogen-bond acceptors (Lipinski definition) is 3. The van der Waals surface area contributed by atoms with Crippen molar-refractivity contribution in [2.24, 2.45) is 0 Å². The van der Waals surface area contributed by atoms with Crippen LogP contribution in [0.4, 0.5) is 0 Å². The summed E-state index contributed by atoms with van der Waals surface area (Å²) in [5, 5.41) is 0.550. The molecule has 0 spiro atoms. The minimum atomic E-state index is -0.319. The van der Waals surface area contributed by atoms with Gasteiger partial charge in [-0.3, -0.25) is 4.79 Å². The number of carbonyl (C=O) groups is 1. The van der Waals surface area contributed by atoms with Crippen molar-refractivity contribution in [3.8, 4) is 5.75 Å². The third-order valence-corrected chi connectivity index (χ3v) is 3.22. The van der Waals surface area contributed by atoms with Crippen molar-refractivity contribution in [1.82, 2.24) is 4.98 Å². The van der Waals surface area contributed by atoms with Crippen molar-refractivity contribution in [2.75, 3.05) is 7.11 Å². The fraction of sp³-hybridized carbons (Fsp3) is 0.0769. The number of aromatic nitrogens is 1. The molecule has 1 aromatic heterocycles.